The molecule has 1 fully saturated rings. The summed E-state index contributed by atoms with van der Waals surface area (Å²) in [6, 6.07) is 21.9. The van der Waals surface area contributed by atoms with E-state index in [4.69, 9.17) is 5.11 Å². The third kappa shape index (κ3) is 6.26. The highest BCUT2D eigenvalue weighted by atomic mass is 79.9. The molecule has 5 rings (SSSR count). The van der Waals surface area contributed by atoms with Crippen LogP contribution < -0.4 is 10.6 Å². The molecule has 2 aliphatic heterocycles. The number of carbonyl (C=O) groups is 2. The van der Waals surface area contributed by atoms with Crippen LogP contribution in [0.5, 0.6) is 0 Å². The van der Waals surface area contributed by atoms with Gasteiger partial charge in [-0.25, -0.2) is 0 Å². The molecule has 6 nitrogen and oxygen atoms in total. The number of aliphatic carboxylic acids is 1. The lowest BCUT2D eigenvalue weighted by atomic mass is 9.97. The standard InChI is InChI=1S/C29H28BrN3O3S/c30-22-7-10-24-25(17-22)32-29(36)27(24)28(21-3-1-2-19(16-21)6-11-26(34)35)31-23-8-4-20(5-9-23)18-33-12-14-37-15-13-33/h1-5,7-10,16-17,31H,6,11-15,18H2,(H,32,36)(H,34,35)/b28-27-. The molecule has 3 N–H and O–H groups in total. The Labute approximate surface area is 229 Å². The van der Waals surface area contributed by atoms with Gasteiger partial charge in [-0.1, -0.05) is 52.3 Å². The van der Waals surface area contributed by atoms with Crippen molar-refractivity contribution in [3.8, 4) is 0 Å². The average molecular weight is 579 g/mol. The van der Waals surface area contributed by atoms with Gasteiger partial charge in [0.1, 0.15) is 0 Å². The third-order valence-corrected chi connectivity index (χ3v) is 7.99. The van der Waals surface area contributed by atoms with Gasteiger partial charge in [0.25, 0.3) is 5.91 Å². The smallest absolute Gasteiger partial charge is 0.303 e. The van der Waals surface area contributed by atoms with Gasteiger partial charge in [-0.15, -0.1) is 0 Å². The summed E-state index contributed by atoms with van der Waals surface area (Å²) in [5, 5.41) is 15.6. The van der Waals surface area contributed by atoms with Gasteiger partial charge in [0.15, 0.2) is 0 Å². The average Bonchev–Trinajstić information content (AvgIpc) is 3.22. The summed E-state index contributed by atoms with van der Waals surface area (Å²) in [7, 11) is 0. The molecule has 0 atom stereocenters. The zero-order valence-corrected chi connectivity index (χ0v) is 22.7. The number of hydrogen-bond donors (Lipinski definition) is 3. The van der Waals surface area contributed by atoms with Crippen LogP contribution in [0.15, 0.2) is 71.2 Å². The van der Waals surface area contributed by atoms with Crippen LogP contribution in [0.1, 0.15) is 28.7 Å². The SMILES string of the molecule is O=C(O)CCc1cccc(/C(Nc2ccc(CN3CCSCC3)cc2)=C2/C(=O)Nc3cc(Br)ccc32)c1. The van der Waals surface area contributed by atoms with E-state index < -0.39 is 5.97 Å². The van der Waals surface area contributed by atoms with Crippen molar-refractivity contribution in [3.63, 3.8) is 0 Å². The van der Waals surface area contributed by atoms with E-state index >= 15 is 0 Å². The number of aryl methyl sites for hydroxylation is 1. The first-order valence-corrected chi connectivity index (χ1v) is 14.2. The quantitative estimate of drug-likeness (QED) is 0.287. The first-order chi connectivity index (χ1) is 18.0. The molecule has 0 aromatic heterocycles. The molecular weight excluding hydrogens is 550 g/mol. The number of carboxylic acid groups (broad SMARTS) is 1. The fourth-order valence-corrected chi connectivity index (χ4v) is 6.00. The maximum Gasteiger partial charge on any atom is 0.303 e. The summed E-state index contributed by atoms with van der Waals surface area (Å²) in [6.07, 6.45) is 0.475. The summed E-state index contributed by atoms with van der Waals surface area (Å²) >= 11 is 5.49. The Morgan fingerprint density at radius 3 is 2.57 bits per heavy atom. The predicted molar refractivity (Wildman–Crippen MR) is 155 cm³/mol. The van der Waals surface area contributed by atoms with Gasteiger partial charge in [0.05, 0.1) is 17.0 Å². The van der Waals surface area contributed by atoms with Gasteiger partial charge in [0.2, 0.25) is 0 Å². The zero-order chi connectivity index (χ0) is 25.8. The molecule has 0 spiro atoms. The van der Waals surface area contributed by atoms with Crippen molar-refractivity contribution >= 4 is 62.2 Å². The van der Waals surface area contributed by atoms with Gasteiger partial charge in [-0.3, -0.25) is 14.5 Å². The second-order valence-electron chi connectivity index (χ2n) is 9.20. The maximum absolute atomic E-state index is 13.2. The Kier molecular flexibility index (Phi) is 7.98. The fourth-order valence-electron chi connectivity index (χ4n) is 4.66. The predicted octanol–water partition coefficient (Wildman–Crippen LogP) is 5.95. The number of amides is 1. The second-order valence-corrected chi connectivity index (χ2v) is 11.3. The third-order valence-electron chi connectivity index (χ3n) is 6.55. The molecule has 1 saturated heterocycles. The van der Waals surface area contributed by atoms with E-state index in [1.165, 1.54) is 17.1 Å². The van der Waals surface area contributed by atoms with Gasteiger partial charge in [0, 0.05) is 53.3 Å². The van der Waals surface area contributed by atoms with Gasteiger partial charge in [-0.2, -0.15) is 11.8 Å². The number of rotatable bonds is 8. The number of fused-ring (bicyclic) bond motifs is 1. The van der Waals surface area contributed by atoms with Crippen molar-refractivity contribution in [1.29, 1.82) is 0 Å². The van der Waals surface area contributed by atoms with Crippen LogP contribution in [-0.2, 0) is 22.6 Å². The first kappa shape index (κ1) is 25.6. The summed E-state index contributed by atoms with van der Waals surface area (Å²) in [4.78, 5) is 26.8. The van der Waals surface area contributed by atoms with Gasteiger partial charge < -0.3 is 15.7 Å². The Balaban J connectivity index is 1.49. The molecule has 3 aromatic rings. The van der Waals surface area contributed by atoms with Crippen molar-refractivity contribution in [2.24, 2.45) is 0 Å². The normalized spacial score (nSPS) is 16.7. The molecule has 0 radical (unpaired) electrons. The summed E-state index contributed by atoms with van der Waals surface area (Å²) in [6.45, 7) is 3.17. The first-order valence-electron chi connectivity index (χ1n) is 12.3. The maximum atomic E-state index is 13.2. The molecule has 3 aromatic carbocycles. The van der Waals surface area contributed by atoms with E-state index in [2.05, 4.69) is 55.7 Å². The lowest BCUT2D eigenvalue weighted by Crippen LogP contribution is -2.31. The summed E-state index contributed by atoms with van der Waals surface area (Å²) in [5.74, 6) is 1.36. The van der Waals surface area contributed by atoms with E-state index in [-0.39, 0.29) is 12.3 Å². The summed E-state index contributed by atoms with van der Waals surface area (Å²) < 4.78 is 0.890. The van der Waals surface area contributed by atoms with Crippen LogP contribution in [0.4, 0.5) is 11.4 Å². The zero-order valence-electron chi connectivity index (χ0n) is 20.3. The number of anilines is 2. The number of halogens is 1. The Hall–Kier alpha value is -3.07. The van der Waals surface area contributed by atoms with Gasteiger partial charge in [-0.05, 0) is 53.4 Å². The fraction of sp³-hybridized carbons (Fsp3) is 0.241. The molecule has 8 heteroatoms. The second kappa shape index (κ2) is 11.5. The van der Waals surface area contributed by atoms with Crippen LogP contribution in [0.3, 0.4) is 0 Å². The number of carbonyl (C=O) groups excluding carboxylic acids is 1. The monoisotopic (exact) mass is 577 g/mol. The van der Waals surface area contributed by atoms with E-state index in [9.17, 15) is 9.59 Å². The number of thioether (sulfide) groups is 1. The molecule has 37 heavy (non-hydrogen) atoms. The topological polar surface area (TPSA) is 81.7 Å². The molecule has 190 valence electrons. The number of nitrogens with zero attached hydrogens (tertiary/aromatic N) is 1. The minimum atomic E-state index is -0.833. The van der Waals surface area contributed by atoms with Gasteiger partial charge >= 0.3 is 5.97 Å². The Bertz CT molecular complexity index is 1350. The van der Waals surface area contributed by atoms with Crippen LogP contribution in [-0.4, -0.2) is 46.5 Å². The van der Waals surface area contributed by atoms with Crippen LogP contribution in [0.2, 0.25) is 0 Å². The molecular formula is C29H28BrN3O3S. The molecule has 0 unspecified atom stereocenters. The van der Waals surface area contributed by atoms with Crippen molar-refractivity contribution in [2.45, 2.75) is 19.4 Å². The highest BCUT2D eigenvalue weighted by Crippen LogP contribution is 2.39. The minimum Gasteiger partial charge on any atom is -0.481 e. The number of carboxylic acids is 1. The molecule has 1 amide bonds. The largest absolute Gasteiger partial charge is 0.481 e. The minimum absolute atomic E-state index is 0.0529. The molecule has 2 aliphatic rings. The van der Waals surface area contributed by atoms with Crippen molar-refractivity contribution in [2.75, 3.05) is 35.2 Å². The Morgan fingerprint density at radius 1 is 1.03 bits per heavy atom. The van der Waals surface area contributed by atoms with Crippen LogP contribution in [0, 0.1) is 0 Å². The Morgan fingerprint density at radius 2 is 1.81 bits per heavy atom. The molecule has 0 bridgehead atoms. The van der Waals surface area contributed by atoms with Crippen LogP contribution in [0.25, 0.3) is 11.3 Å². The number of nitrogens with one attached hydrogen (secondary N) is 2. The van der Waals surface area contributed by atoms with Crippen LogP contribution >= 0.6 is 27.7 Å². The van der Waals surface area contributed by atoms with Crippen molar-refractivity contribution < 1.29 is 14.7 Å². The number of hydrogen-bond acceptors (Lipinski definition) is 5. The van der Waals surface area contributed by atoms with E-state index in [1.54, 1.807) is 0 Å². The van der Waals surface area contributed by atoms with Crippen molar-refractivity contribution in [3.05, 3.63) is 93.5 Å². The summed E-state index contributed by atoms with van der Waals surface area (Å²) in [5.41, 5.74) is 6.72. The van der Waals surface area contributed by atoms with E-state index in [0.717, 1.165) is 52.2 Å². The molecule has 0 saturated carbocycles. The van der Waals surface area contributed by atoms with E-state index in [0.29, 0.717) is 17.7 Å². The molecule has 0 aliphatic carbocycles. The number of benzene rings is 3. The highest BCUT2D eigenvalue weighted by Gasteiger charge is 2.28. The lowest BCUT2D eigenvalue weighted by molar-refractivity contribution is -0.137. The highest BCUT2D eigenvalue weighted by molar-refractivity contribution is 9.10. The lowest BCUT2D eigenvalue weighted by Gasteiger charge is -2.26. The van der Waals surface area contributed by atoms with E-state index in [1.807, 2.05) is 54.2 Å². The molecule has 2 heterocycles. The van der Waals surface area contributed by atoms with Crippen molar-refractivity contribution in [1.82, 2.24) is 4.90 Å².